The zero-order valence-corrected chi connectivity index (χ0v) is 13.7. The molecule has 2 aromatic heterocycles. The van der Waals surface area contributed by atoms with Crippen molar-refractivity contribution in [3.8, 4) is 0 Å². The van der Waals surface area contributed by atoms with E-state index in [2.05, 4.69) is 20.1 Å². The number of nitrogens with two attached hydrogens (primary N) is 1. The van der Waals surface area contributed by atoms with Crippen molar-refractivity contribution in [2.24, 2.45) is 11.7 Å². The first-order chi connectivity index (χ1) is 11.6. The van der Waals surface area contributed by atoms with Gasteiger partial charge >= 0.3 is 0 Å². The van der Waals surface area contributed by atoms with Crippen LogP contribution in [0.25, 0.3) is 0 Å². The summed E-state index contributed by atoms with van der Waals surface area (Å²) in [5, 5.41) is 8.50. The van der Waals surface area contributed by atoms with Crippen LogP contribution in [0.3, 0.4) is 0 Å². The van der Waals surface area contributed by atoms with Crippen molar-refractivity contribution >= 4 is 11.6 Å². The van der Waals surface area contributed by atoms with E-state index >= 15 is 0 Å². The van der Waals surface area contributed by atoms with Gasteiger partial charge in [-0.1, -0.05) is 13.3 Å². The number of carbonyl (C=O) groups excluding carboxylic acids is 1. The molecule has 0 aromatic carbocycles. The lowest BCUT2D eigenvalue weighted by Gasteiger charge is -2.25. The number of rotatable bonds is 4. The number of pyridine rings is 1. The SMILES string of the molecule is CCc1nnc([C@]23CCC[C@H]2CN(c2ccncc2C(N)=O)C3)o1. The molecule has 0 spiro atoms. The Bertz CT molecular complexity index is 774. The minimum atomic E-state index is -0.449. The second-order valence-electron chi connectivity index (χ2n) is 6.74. The van der Waals surface area contributed by atoms with Crippen LogP contribution in [0.2, 0.25) is 0 Å². The van der Waals surface area contributed by atoms with Crippen molar-refractivity contribution < 1.29 is 9.21 Å². The predicted octanol–water partition coefficient (Wildman–Crippen LogP) is 1.68. The van der Waals surface area contributed by atoms with E-state index in [1.807, 2.05) is 13.0 Å². The summed E-state index contributed by atoms with van der Waals surface area (Å²) in [7, 11) is 0. The predicted molar refractivity (Wildman–Crippen MR) is 87.7 cm³/mol. The van der Waals surface area contributed by atoms with Crippen molar-refractivity contribution in [1.29, 1.82) is 0 Å². The Kier molecular flexibility index (Phi) is 3.51. The third-order valence-corrected chi connectivity index (χ3v) is 5.47. The molecule has 2 aromatic rings. The average molecular weight is 327 g/mol. The van der Waals surface area contributed by atoms with Gasteiger partial charge in [-0.15, -0.1) is 10.2 Å². The number of hydrogen-bond donors (Lipinski definition) is 1. The van der Waals surface area contributed by atoms with Gasteiger partial charge in [0.15, 0.2) is 0 Å². The summed E-state index contributed by atoms with van der Waals surface area (Å²) in [6.07, 6.45) is 7.33. The molecule has 0 bridgehead atoms. The minimum Gasteiger partial charge on any atom is -0.425 e. The van der Waals surface area contributed by atoms with E-state index in [9.17, 15) is 4.79 Å². The van der Waals surface area contributed by atoms with E-state index in [-0.39, 0.29) is 5.41 Å². The second kappa shape index (κ2) is 5.58. The highest BCUT2D eigenvalue weighted by Crippen LogP contribution is 2.51. The summed E-state index contributed by atoms with van der Waals surface area (Å²) < 4.78 is 5.93. The van der Waals surface area contributed by atoms with E-state index in [1.54, 1.807) is 12.4 Å². The molecule has 7 nitrogen and oxygen atoms in total. The maximum Gasteiger partial charge on any atom is 0.252 e. The summed E-state index contributed by atoms with van der Waals surface area (Å²) in [4.78, 5) is 18.0. The zero-order chi connectivity index (χ0) is 16.7. The minimum absolute atomic E-state index is 0.112. The van der Waals surface area contributed by atoms with Crippen molar-refractivity contribution in [1.82, 2.24) is 15.2 Å². The molecule has 0 radical (unpaired) electrons. The topological polar surface area (TPSA) is 98.1 Å². The molecule has 2 fully saturated rings. The van der Waals surface area contributed by atoms with Crippen LogP contribution >= 0.6 is 0 Å². The average Bonchev–Trinajstić information content (AvgIpc) is 3.28. The number of primary amides is 1. The molecule has 1 aliphatic heterocycles. The molecular weight excluding hydrogens is 306 g/mol. The second-order valence-corrected chi connectivity index (χ2v) is 6.74. The molecule has 126 valence electrons. The third-order valence-electron chi connectivity index (χ3n) is 5.47. The van der Waals surface area contributed by atoms with Gasteiger partial charge in [0, 0.05) is 31.9 Å². The molecule has 24 heavy (non-hydrogen) atoms. The van der Waals surface area contributed by atoms with Crippen molar-refractivity contribution in [3.05, 3.63) is 35.8 Å². The largest absolute Gasteiger partial charge is 0.425 e. The van der Waals surface area contributed by atoms with Crippen molar-refractivity contribution in [2.75, 3.05) is 18.0 Å². The van der Waals surface area contributed by atoms with Gasteiger partial charge in [-0.25, -0.2) is 0 Å². The highest BCUT2D eigenvalue weighted by molar-refractivity contribution is 5.98. The van der Waals surface area contributed by atoms with Crippen LogP contribution in [-0.4, -0.2) is 34.2 Å². The Morgan fingerprint density at radius 2 is 2.38 bits per heavy atom. The van der Waals surface area contributed by atoms with E-state index < -0.39 is 5.91 Å². The fraction of sp³-hybridized carbons (Fsp3) is 0.529. The molecule has 2 N–H and O–H groups in total. The summed E-state index contributed by atoms with van der Waals surface area (Å²) in [5.41, 5.74) is 6.72. The first kappa shape index (κ1) is 15.1. The van der Waals surface area contributed by atoms with Crippen molar-refractivity contribution in [3.63, 3.8) is 0 Å². The third kappa shape index (κ3) is 2.18. The molecule has 1 amide bonds. The maximum atomic E-state index is 11.7. The number of aryl methyl sites for hydroxylation is 1. The van der Waals surface area contributed by atoms with Crippen LogP contribution in [0.1, 0.15) is 48.3 Å². The monoisotopic (exact) mass is 327 g/mol. The lowest BCUT2D eigenvalue weighted by Crippen LogP contribution is -2.33. The van der Waals surface area contributed by atoms with E-state index in [0.29, 0.717) is 17.4 Å². The number of amides is 1. The fourth-order valence-electron chi connectivity index (χ4n) is 4.27. The first-order valence-corrected chi connectivity index (χ1v) is 8.45. The van der Waals surface area contributed by atoms with Crippen LogP contribution < -0.4 is 10.6 Å². The summed E-state index contributed by atoms with van der Waals surface area (Å²) in [5.74, 6) is 1.44. The molecule has 1 saturated heterocycles. The molecule has 4 rings (SSSR count). The Morgan fingerprint density at radius 3 is 3.12 bits per heavy atom. The molecule has 1 aliphatic carbocycles. The molecule has 1 saturated carbocycles. The number of hydrogen-bond acceptors (Lipinski definition) is 6. The van der Waals surface area contributed by atoms with Gasteiger partial charge in [0.25, 0.3) is 5.91 Å². The van der Waals surface area contributed by atoms with Gasteiger partial charge < -0.3 is 15.1 Å². The smallest absolute Gasteiger partial charge is 0.252 e. The lowest BCUT2D eigenvalue weighted by molar-refractivity contribution is 0.100. The Balaban J connectivity index is 1.70. The Morgan fingerprint density at radius 1 is 1.50 bits per heavy atom. The van der Waals surface area contributed by atoms with Gasteiger partial charge in [-0.05, 0) is 24.8 Å². The number of anilines is 1. The lowest BCUT2D eigenvalue weighted by atomic mass is 9.80. The van der Waals surface area contributed by atoms with Gasteiger partial charge in [0.1, 0.15) is 0 Å². The first-order valence-electron chi connectivity index (χ1n) is 8.45. The molecule has 7 heteroatoms. The maximum absolute atomic E-state index is 11.7. The number of fused-ring (bicyclic) bond motifs is 1. The Hall–Kier alpha value is -2.44. The number of carbonyl (C=O) groups is 1. The number of nitrogens with zero attached hydrogens (tertiary/aromatic N) is 4. The highest BCUT2D eigenvalue weighted by Gasteiger charge is 2.54. The van der Waals surface area contributed by atoms with E-state index in [0.717, 1.165) is 43.9 Å². The highest BCUT2D eigenvalue weighted by atomic mass is 16.4. The van der Waals surface area contributed by atoms with E-state index in [4.69, 9.17) is 10.2 Å². The zero-order valence-electron chi connectivity index (χ0n) is 13.7. The summed E-state index contributed by atoms with van der Waals surface area (Å²) in [6.45, 7) is 3.65. The summed E-state index contributed by atoms with van der Waals surface area (Å²) in [6, 6.07) is 1.86. The van der Waals surface area contributed by atoms with E-state index in [1.165, 1.54) is 6.42 Å². The van der Waals surface area contributed by atoms with Crippen LogP contribution in [0, 0.1) is 5.92 Å². The van der Waals surface area contributed by atoms with Gasteiger partial charge in [0.05, 0.1) is 16.7 Å². The van der Waals surface area contributed by atoms with Crippen LogP contribution in [0.15, 0.2) is 22.9 Å². The molecule has 2 aliphatic rings. The standard InChI is InChI=1S/C17H21N5O2/c1-2-14-20-21-16(24-14)17-6-3-4-11(17)9-22(10-17)13-5-7-19-8-12(13)15(18)23/h5,7-8,11H,2-4,6,9-10H2,1H3,(H2,18,23)/t11-,17-/m0/s1. The normalized spacial score (nSPS) is 25.9. The van der Waals surface area contributed by atoms with Crippen LogP contribution in [-0.2, 0) is 11.8 Å². The molecule has 0 unspecified atom stereocenters. The Labute approximate surface area is 140 Å². The molecule has 2 atom stereocenters. The van der Waals surface area contributed by atoms with Gasteiger partial charge in [0.2, 0.25) is 11.8 Å². The molecular formula is C17H21N5O2. The quantitative estimate of drug-likeness (QED) is 0.917. The number of aromatic nitrogens is 3. The fourth-order valence-corrected chi connectivity index (χ4v) is 4.27. The van der Waals surface area contributed by atoms with Crippen LogP contribution in [0.4, 0.5) is 5.69 Å². The molecule has 3 heterocycles. The van der Waals surface area contributed by atoms with Gasteiger partial charge in [-0.2, -0.15) is 0 Å². The van der Waals surface area contributed by atoms with Gasteiger partial charge in [-0.3, -0.25) is 9.78 Å². The van der Waals surface area contributed by atoms with Crippen molar-refractivity contribution in [2.45, 2.75) is 38.0 Å². The van der Waals surface area contributed by atoms with Crippen LogP contribution in [0.5, 0.6) is 0 Å². The summed E-state index contributed by atoms with van der Waals surface area (Å²) >= 11 is 0.